The molecule has 0 radical (unpaired) electrons. The number of hydrogen-bond acceptors (Lipinski definition) is 5. The fraction of sp³-hybridized carbons (Fsp3) is 0.172. The molecule has 35 heavy (non-hydrogen) atoms. The van der Waals surface area contributed by atoms with Gasteiger partial charge in [0.05, 0.1) is 24.1 Å². The van der Waals surface area contributed by atoms with Crippen LogP contribution in [0, 0.1) is 6.92 Å². The van der Waals surface area contributed by atoms with Gasteiger partial charge in [-0.05, 0) is 91.9 Å². The molecule has 0 saturated carbocycles. The van der Waals surface area contributed by atoms with Crippen LogP contribution >= 0.6 is 11.8 Å². The molecule has 0 atom stereocenters. The Hall–Kier alpha value is -2.90. The van der Waals surface area contributed by atoms with Gasteiger partial charge in [-0.25, -0.2) is 0 Å². The molecule has 0 bridgehead atoms. The average molecular weight is 506 g/mol. The first-order valence-electron chi connectivity index (χ1n) is 11.4. The number of ether oxygens (including phenoxy) is 2. The maximum Gasteiger partial charge on any atom is 0.166 e. The van der Waals surface area contributed by atoms with E-state index in [-0.39, 0.29) is 37.3 Å². The van der Waals surface area contributed by atoms with E-state index in [0.29, 0.717) is 0 Å². The highest BCUT2D eigenvalue weighted by atomic mass is 32.2. The van der Waals surface area contributed by atoms with Crippen molar-refractivity contribution in [2.24, 2.45) is 0 Å². The van der Waals surface area contributed by atoms with Gasteiger partial charge in [0, 0.05) is 9.79 Å². The van der Waals surface area contributed by atoms with Crippen LogP contribution in [-0.4, -0.2) is 36.6 Å². The molecule has 0 fully saturated rings. The van der Waals surface area contributed by atoms with E-state index in [9.17, 15) is 0 Å². The van der Waals surface area contributed by atoms with Crippen molar-refractivity contribution >= 4 is 22.7 Å². The summed E-state index contributed by atoms with van der Waals surface area (Å²) < 4.78 is 11.1. The van der Waals surface area contributed by atoms with Crippen LogP contribution in [0.15, 0.2) is 122 Å². The van der Waals surface area contributed by atoms with Crippen LogP contribution in [0.5, 0.6) is 11.5 Å². The van der Waals surface area contributed by atoms with Crippen molar-refractivity contribution in [2.45, 2.75) is 31.4 Å². The second-order valence-corrected chi connectivity index (χ2v) is 11.0. The molecule has 2 N–H and O–H groups in total. The topological polar surface area (TPSA) is 58.9 Å². The smallest absolute Gasteiger partial charge is 0.166 e. The van der Waals surface area contributed by atoms with E-state index in [4.69, 9.17) is 19.7 Å². The van der Waals surface area contributed by atoms with E-state index in [1.54, 1.807) is 11.8 Å². The molecule has 4 aromatic carbocycles. The SMILES string of the molecule is Cc1ccc(Sc2ccc([S+](c3ccc(OCCO)cc3)c3ccc(OCCO)cc3)cc2)cc1. The molecule has 0 aliphatic rings. The highest BCUT2D eigenvalue weighted by molar-refractivity contribution is 7.99. The Kier molecular flexibility index (Phi) is 9.15. The number of rotatable bonds is 11. The zero-order valence-corrected chi connectivity index (χ0v) is 21.2. The van der Waals surface area contributed by atoms with Gasteiger partial charge < -0.3 is 19.7 Å². The summed E-state index contributed by atoms with van der Waals surface area (Å²) in [6.45, 7) is 2.63. The van der Waals surface area contributed by atoms with Crippen molar-refractivity contribution in [3.05, 3.63) is 103 Å². The van der Waals surface area contributed by atoms with Crippen molar-refractivity contribution in [3.8, 4) is 11.5 Å². The quantitative estimate of drug-likeness (QED) is 0.246. The van der Waals surface area contributed by atoms with E-state index in [1.165, 1.54) is 30.0 Å². The first-order valence-corrected chi connectivity index (χ1v) is 13.5. The van der Waals surface area contributed by atoms with Crippen molar-refractivity contribution in [2.75, 3.05) is 26.4 Å². The maximum absolute atomic E-state index is 9.02. The lowest BCUT2D eigenvalue weighted by Gasteiger charge is -2.11. The van der Waals surface area contributed by atoms with Crippen LogP contribution in [0.25, 0.3) is 0 Å². The zero-order chi connectivity index (χ0) is 24.5. The zero-order valence-electron chi connectivity index (χ0n) is 19.6. The van der Waals surface area contributed by atoms with Gasteiger partial charge in [0.25, 0.3) is 0 Å². The highest BCUT2D eigenvalue weighted by Gasteiger charge is 2.29. The highest BCUT2D eigenvalue weighted by Crippen LogP contribution is 2.35. The van der Waals surface area contributed by atoms with E-state index in [1.807, 2.05) is 24.3 Å². The molecule has 4 aromatic rings. The summed E-state index contributed by atoms with van der Waals surface area (Å²) in [5.41, 5.74) is 1.26. The maximum atomic E-state index is 9.02. The third kappa shape index (κ3) is 7.05. The van der Waals surface area contributed by atoms with Gasteiger partial charge in [-0.1, -0.05) is 29.5 Å². The summed E-state index contributed by atoms with van der Waals surface area (Å²) in [5.74, 6) is 1.48. The Morgan fingerprint density at radius 1 is 0.571 bits per heavy atom. The fourth-order valence-electron chi connectivity index (χ4n) is 3.47. The van der Waals surface area contributed by atoms with Crippen LogP contribution < -0.4 is 9.47 Å². The number of benzene rings is 4. The van der Waals surface area contributed by atoms with Gasteiger partial charge in [0.15, 0.2) is 14.7 Å². The molecule has 0 aliphatic carbocycles. The molecule has 0 amide bonds. The lowest BCUT2D eigenvalue weighted by molar-refractivity contribution is 0.201. The summed E-state index contributed by atoms with van der Waals surface area (Å²) >= 11 is 1.76. The molecule has 0 aromatic heterocycles. The molecular formula is C29H29O4S2+. The second-order valence-electron chi connectivity index (χ2n) is 7.78. The van der Waals surface area contributed by atoms with Crippen LogP contribution in [0.1, 0.15) is 5.56 Å². The van der Waals surface area contributed by atoms with Gasteiger partial charge >= 0.3 is 0 Å². The van der Waals surface area contributed by atoms with Crippen LogP contribution in [0.2, 0.25) is 0 Å². The summed E-state index contributed by atoms with van der Waals surface area (Å²) in [4.78, 5) is 5.97. The van der Waals surface area contributed by atoms with E-state index < -0.39 is 0 Å². The van der Waals surface area contributed by atoms with Crippen molar-refractivity contribution in [3.63, 3.8) is 0 Å². The molecule has 4 nitrogen and oxygen atoms in total. The van der Waals surface area contributed by atoms with Crippen LogP contribution in [-0.2, 0) is 10.9 Å². The van der Waals surface area contributed by atoms with E-state index in [2.05, 4.69) is 79.7 Å². The standard InChI is InChI=1S/C29H29O4S2/c1-22-2-8-25(9-3-22)34-26-10-16-29(17-11-26)35(27-12-4-23(5-13-27)32-20-18-30)28-14-6-24(7-15-28)33-21-19-31/h2-17,30-31H,18-21H2,1H3/q+1. The number of hydrogen-bond donors (Lipinski definition) is 2. The van der Waals surface area contributed by atoms with Crippen molar-refractivity contribution in [1.82, 2.24) is 0 Å². The number of aliphatic hydroxyl groups excluding tert-OH is 2. The van der Waals surface area contributed by atoms with Gasteiger partial charge in [0.1, 0.15) is 24.7 Å². The van der Waals surface area contributed by atoms with Gasteiger partial charge in [-0.3, -0.25) is 0 Å². The molecule has 0 spiro atoms. The third-order valence-electron chi connectivity index (χ3n) is 5.16. The molecule has 4 rings (SSSR count). The second kappa shape index (κ2) is 12.7. The Labute approximate surface area is 213 Å². The predicted molar refractivity (Wildman–Crippen MR) is 142 cm³/mol. The average Bonchev–Trinajstić information content (AvgIpc) is 2.90. The third-order valence-corrected chi connectivity index (χ3v) is 8.40. The molecular weight excluding hydrogens is 476 g/mol. The molecule has 0 aliphatic heterocycles. The summed E-state index contributed by atoms with van der Waals surface area (Å²) in [6, 6.07) is 33.5. The Bertz CT molecular complexity index is 1120. The minimum absolute atomic E-state index is 0.0101. The summed E-state index contributed by atoms with van der Waals surface area (Å²) in [7, 11) is -0.320. The Balaban J connectivity index is 1.61. The Morgan fingerprint density at radius 3 is 1.34 bits per heavy atom. The van der Waals surface area contributed by atoms with Crippen molar-refractivity contribution in [1.29, 1.82) is 0 Å². The minimum Gasteiger partial charge on any atom is -0.491 e. The van der Waals surface area contributed by atoms with E-state index in [0.717, 1.165) is 11.5 Å². The molecule has 0 unspecified atom stereocenters. The normalized spacial score (nSPS) is 11.0. The molecule has 6 heteroatoms. The largest absolute Gasteiger partial charge is 0.491 e. The van der Waals surface area contributed by atoms with Crippen LogP contribution in [0.4, 0.5) is 0 Å². The number of aliphatic hydroxyl groups is 2. The predicted octanol–water partition coefficient (Wildman–Crippen LogP) is 5.98. The molecule has 180 valence electrons. The van der Waals surface area contributed by atoms with Gasteiger partial charge in [-0.2, -0.15) is 0 Å². The summed E-state index contributed by atoms with van der Waals surface area (Å²) in [6.07, 6.45) is 0. The Morgan fingerprint density at radius 2 is 0.943 bits per heavy atom. The molecule has 0 saturated heterocycles. The summed E-state index contributed by atoms with van der Waals surface area (Å²) in [5, 5.41) is 18.0. The van der Waals surface area contributed by atoms with Gasteiger partial charge in [0.2, 0.25) is 0 Å². The van der Waals surface area contributed by atoms with Crippen molar-refractivity contribution < 1.29 is 19.7 Å². The first-order chi connectivity index (χ1) is 17.2. The minimum atomic E-state index is -0.320. The number of aryl methyl sites for hydroxylation is 1. The lowest BCUT2D eigenvalue weighted by Crippen LogP contribution is -2.06. The van der Waals surface area contributed by atoms with E-state index >= 15 is 0 Å². The fourth-order valence-corrected chi connectivity index (χ4v) is 6.32. The lowest BCUT2D eigenvalue weighted by atomic mass is 10.2. The van der Waals surface area contributed by atoms with Gasteiger partial charge in [-0.15, -0.1) is 0 Å². The van der Waals surface area contributed by atoms with Crippen LogP contribution in [0.3, 0.4) is 0 Å². The molecule has 0 heterocycles. The first kappa shape index (κ1) is 25.2. The monoisotopic (exact) mass is 505 g/mol.